The van der Waals surface area contributed by atoms with Gasteiger partial charge in [0.05, 0.1) is 18.1 Å². The zero-order valence-corrected chi connectivity index (χ0v) is 17.6. The Morgan fingerprint density at radius 2 is 1.76 bits per heavy atom. The van der Waals surface area contributed by atoms with Gasteiger partial charge < -0.3 is 16.4 Å². The first kappa shape index (κ1) is 22.2. The highest BCUT2D eigenvalue weighted by Crippen LogP contribution is 2.24. The average Bonchev–Trinajstić information content (AvgIpc) is 3.31. The molecule has 0 fully saturated rings. The molecule has 0 atom stereocenters. The molecule has 4 N–H and O–H groups in total. The van der Waals surface area contributed by atoms with E-state index in [2.05, 4.69) is 32.4 Å². The highest BCUT2D eigenvalue weighted by molar-refractivity contribution is 5.72. The lowest BCUT2D eigenvalue weighted by Gasteiger charge is -2.10. The molecule has 0 bridgehead atoms. The van der Waals surface area contributed by atoms with Crippen molar-refractivity contribution in [3.8, 4) is 11.1 Å². The number of aromatic nitrogens is 5. The number of rotatable bonds is 9. The summed E-state index contributed by atoms with van der Waals surface area (Å²) < 4.78 is 3.60. The molecule has 8 nitrogen and oxygen atoms in total. The number of nitrogen functional groups attached to an aromatic ring is 1. The predicted octanol–water partition coefficient (Wildman–Crippen LogP) is 2.62. The Balaban J connectivity index is 0.000000941. The first-order valence-corrected chi connectivity index (χ1v) is 9.77. The van der Waals surface area contributed by atoms with Crippen LogP contribution in [-0.2, 0) is 20.5 Å². The Morgan fingerprint density at radius 3 is 2.41 bits per heavy atom. The highest BCUT2D eigenvalue weighted by Gasteiger charge is 2.06. The van der Waals surface area contributed by atoms with Crippen LogP contribution in [0.15, 0.2) is 49.7 Å². The van der Waals surface area contributed by atoms with Crippen LogP contribution in [0.25, 0.3) is 11.1 Å². The van der Waals surface area contributed by atoms with Gasteiger partial charge >= 0.3 is 0 Å². The molecule has 0 aromatic carbocycles. The maximum atomic E-state index is 5.98. The summed E-state index contributed by atoms with van der Waals surface area (Å²) in [5.41, 5.74) is 10.1. The summed E-state index contributed by atoms with van der Waals surface area (Å²) in [7, 11) is 3.83. The van der Waals surface area contributed by atoms with Crippen molar-refractivity contribution in [1.29, 1.82) is 0 Å². The molecule has 3 aromatic heterocycles. The molecular weight excluding hydrogens is 364 g/mol. The SMILES string of the molecule is C=CC.Cn1cc(CCNCCCNc2cc(-c3cnn(C)c3)cnc2N)cn1. The van der Waals surface area contributed by atoms with Crippen LogP contribution in [0.3, 0.4) is 0 Å². The number of nitrogens with two attached hydrogens (primary N) is 1. The largest absolute Gasteiger partial charge is 0.382 e. The summed E-state index contributed by atoms with van der Waals surface area (Å²) in [6, 6.07) is 2.02. The summed E-state index contributed by atoms with van der Waals surface area (Å²) in [6.45, 7) is 7.98. The maximum absolute atomic E-state index is 5.98. The first-order chi connectivity index (χ1) is 14.0. The summed E-state index contributed by atoms with van der Waals surface area (Å²) in [5.74, 6) is 0.516. The molecule has 0 unspecified atom stereocenters. The normalized spacial score (nSPS) is 10.3. The lowest BCUT2D eigenvalue weighted by atomic mass is 10.1. The third-order valence-electron chi connectivity index (χ3n) is 4.15. The van der Waals surface area contributed by atoms with Gasteiger partial charge in [-0.25, -0.2) is 4.98 Å². The number of anilines is 2. The van der Waals surface area contributed by atoms with E-state index in [1.54, 1.807) is 17.0 Å². The third-order valence-corrected chi connectivity index (χ3v) is 4.15. The van der Waals surface area contributed by atoms with E-state index in [1.165, 1.54) is 5.56 Å². The van der Waals surface area contributed by atoms with Gasteiger partial charge in [-0.3, -0.25) is 9.36 Å². The molecular formula is C21H32N8. The fourth-order valence-corrected chi connectivity index (χ4v) is 2.74. The van der Waals surface area contributed by atoms with Gasteiger partial charge in [0, 0.05) is 50.4 Å². The Labute approximate surface area is 172 Å². The lowest BCUT2D eigenvalue weighted by molar-refractivity contribution is 0.660. The van der Waals surface area contributed by atoms with Crippen LogP contribution in [0.1, 0.15) is 18.9 Å². The molecule has 0 amide bonds. The van der Waals surface area contributed by atoms with Crippen molar-refractivity contribution in [1.82, 2.24) is 29.9 Å². The molecule has 29 heavy (non-hydrogen) atoms. The smallest absolute Gasteiger partial charge is 0.146 e. The maximum Gasteiger partial charge on any atom is 0.146 e. The van der Waals surface area contributed by atoms with E-state index >= 15 is 0 Å². The minimum atomic E-state index is 0.516. The zero-order chi connectivity index (χ0) is 21.1. The van der Waals surface area contributed by atoms with Crippen LogP contribution in [0.5, 0.6) is 0 Å². The van der Waals surface area contributed by atoms with Gasteiger partial charge in [-0.1, -0.05) is 6.08 Å². The van der Waals surface area contributed by atoms with Crippen molar-refractivity contribution in [3.05, 3.63) is 55.3 Å². The van der Waals surface area contributed by atoms with Crippen LogP contribution >= 0.6 is 0 Å². The topological polar surface area (TPSA) is 98.6 Å². The number of nitrogens with zero attached hydrogens (tertiary/aromatic N) is 5. The molecule has 0 saturated heterocycles. The van der Waals surface area contributed by atoms with Gasteiger partial charge in [0.1, 0.15) is 5.82 Å². The van der Waals surface area contributed by atoms with Crippen LogP contribution in [0, 0.1) is 0 Å². The quantitative estimate of drug-likeness (QED) is 0.380. The van der Waals surface area contributed by atoms with Crippen LogP contribution in [0.2, 0.25) is 0 Å². The summed E-state index contributed by atoms with van der Waals surface area (Å²) >= 11 is 0. The van der Waals surface area contributed by atoms with E-state index in [9.17, 15) is 0 Å². The molecule has 8 heteroatoms. The van der Waals surface area contributed by atoms with Crippen molar-refractivity contribution in [2.45, 2.75) is 19.8 Å². The second-order valence-corrected chi connectivity index (χ2v) is 6.77. The first-order valence-electron chi connectivity index (χ1n) is 9.77. The zero-order valence-electron chi connectivity index (χ0n) is 17.6. The number of aryl methyl sites for hydroxylation is 2. The molecule has 0 aliphatic carbocycles. The Morgan fingerprint density at radius 1 is 1.03 bits per heavy atom. The minimum Gasteiger partial charge on any atom is -0.382 e. The van der Waals surface area contributed by atoms with Crippen LogP contribution in [-0.4, -0.2) is 44.2 Å². The van der Waals surface area contributed by atoms with Gasteiger partial charge in [0.25, 0.3) is 0 Å². The lowest BCUT2D eigenvalue weighted by Crippen LogP contribution is -2.20. The van der Waals surface area contributed by atoms with E-state index in [0.717, 1.165) is 49.3 Å². The third kappa shape index (κ3) is 7.42. The number of allylic oxidation sites excluding steroid dienone is 1. The molecule has 3 aromatic rings. The molecule has 0 saturated carbocycles. The van der Waals surface area contributed by atoms with Gasteiger partial charge in [-0.15, -0.1) is 6.58 Å². The predicted molar refractivity (Wildman–Crippen MR) is 120 cm³/mol. The van der Waals surface area contributed by atoms with E-state index < -0.39 is 0 Å². The number of hydrogen-bond acceptors (Lipinski definition) is 6. The standard InChI is InChI=1S/C18H26N8.C3H6/c1-25-12-14(9-23-25)4-7-20-5-3-6-21-17-8-15(10-22-18(17)19)16-11-24-26(2)13-16;1-3-2/h8-13,20-21H,3-7H2,1-2H3,(H2,19,22);3H,1H2,2H3. The number of hydrogen-bond donors (Lipinski definition) is 3. The fraction of sp³-hybridized carbons (Fsp3) is 0.381. The van der Waals surface area contributed by atoms with Gasteiger partial charge in [0.15, 0.2) is 0 Å². The molecule has 0 aliphatic heterocycles. The number of pyridine rings is 1. The summed E-state index contributed by atoms with van der Waals surface area (Å²) in [4.78, 5) is 4.28. The van der Waals surface area contributed by atoms with Gasteiger partial charge in [0.2, 0.25) is 0 Å². The Hall–Kier alpha value is -3.13. The Bertz CT molecular complexity index is 880. The molecule has 0 aliphatic rings. The minimum absolute atomic E-state index is 0.516. The molecule has 0 spiro atoms. The fourth-order valence-electron chi connectivity index (χ4n) is 2.74. The molecule has 156 valence electrons. The molecule has 3 rings (SSSR count). The molecule has 0 radical (unpaired) electrons. The summed E-state index contributed by atoms with van der Waals surface area (Å²) in [5, 5.41) is 15.2. The van der Waals surface area contributed by atoms with E-state index in [1.807, 2.05) is 56.6 Å². The Kier molecular flexibility index (Phi) is 8.91. The molecule has 3 heterocycles. The van der Waals surface area contributed by atoms with Gasteiger partial charge in [-0.2, -0.15) is 10.2 Å². The second kappa shape index (κ2) is 11.7. The summed E-state index contributed by atoms with van der Waals surface area (Å²) in [6.07, 6.45) is 13.3. The van der Waals surface area contributed by atoms with E-state index in [-0.39, 0.29) is 0 Å². The van der Waals surface area contributed by atoms with Crippen LogP contribution < -0.4 is 16.4 Å². The van der Waals surface area contributed by atoms with E-state index in [4.69, 9.17) is 5.73 Å². The number of nitrogens with one attached hydrogen (secondary N) is 2. The van der Waals surface area contributed by atoms with Crippen molar-refractivity contribution < 1.29 is 0 Å². The highest BCUT2D eigenvalue weighted by atomic mass is 15.2. The second-order valence-electron chi connectivity index (χ2n) is 6.77. The van der Waals surface area contributed by atoms with Crippen molar-refractivity contribution in [2.24, 2.45) is 14.1 Å². The monoisotopic (exact) mass is 396 g/mol. The van der Waals surface area contributed by atoms with Gasteiger partial charge in [-0.05, 0) is 44.5 Å². The van der Waals surface area contributed by atoms with Crippen molar-refractivity contribution in [2.75, 3.05) is 30.7 Å². The van der Waals surface area contributed by atoms with Crippen molar-refractivity contribution >= 4 is 11.5 Å². The average molecular weight is 397 g/mol. The van der Waals surface area contributed by atoms with E-state index in [0.29, 0.717) is 5.82 Å². The van der Waals surface area contributed by atoms with Crippen molar-refractivity contribution in [3.63, 3.8) is 0 Å². The van der Waals surface area contributed by atoms with Crippen LogP contribution in [0.4, 0.5) is 11.5 Å².